The van der Waals surface area contributed by atoms with Crippen molar-refractivity contribution in [2.24, 2.45) is 0 Å². The van der Waals surface area contributed by atoms with Gasteiger partial charge in [0.2, 0.25) is 0 Å². The van der Waals surface area contributed by atoms with Crippen LogP contribution in [0.2, 0.25) is 0 Å². The molecule has 0 saturated carbocycles. The number of aromatic nitrogens is 2. The van der Waals surface area contributed by atoms with Gasteiger partial charge in [0.25, 0.3) is 0 Å². The summed E-state index contributed by atoms with van der Waals surface area (Å²) in [6.45, 7) is 8.24. The monoisotopic (exact) mass is 460 g/mol. The lowest BCUT2D eigenvalue weighted by atomic mass is 9.96. The summed E-state index contributed by atoms with van der Waals surface area (Å²) in [5.74, 6) is 0. The molecule has 2 aromatic heterocycles. The summed E-state index contributed by atoms with van der Waals surface area (Å²) >= 11 is 5.86. The van der Waals surface area contributed by atoms with Gasteiger partial charge in [-0.15, -0.1) is 0 Å². The number of nitrogens with zero attached hydrogens (tertiary/aromatic N) is 3. The van der Waals surface area contributed by atoms with Crippen LogP contribution < -0.4 is 5.32 Å². The molecule has 2 aliphatic heterocycles. The SMILES string of the molecule is CCc1ccc(-n2c(C)cc([C@@H]3[C@@H](c4ccccn4)NC(=S)N3C[C@H]3CCCO3)c2C)cc1. The summed E-state index contributed by atoms with van der Waals surface area (Å²) in [5, 5.41) is 4.36. The van der Waals surface area contributed by atoms with E-state index in [2.05, 4.69) is 76.9 Å². The Morgan fingerprint density at radius 1 is 1.15 bits per heavy atom. The molecule has 4 heterocycles. The van der Waals surface area contributed by atoms with Crippen molar-refractivity contribution in [3.63, 3.8) is 0 Å². The van der Waals surface area contributed by atoms with Crippen LogP contribution in [-0.4, -0.2) is 38.8 Å². The first kappa shape index (κ1) is 22.1. The molecule has 0 radical (unpaired) electrons. The molecular weight excluding hydrogens is 428 g/mol. The van der Waals surface area contributed by atoms with Crippen LogP contribution in [0.25, 0.3) is 5.69 Å². The van der Waals surface area contributed by atoms with Crippen molar-refractivity contribution in [2.45, 2.75) is 58.2 Å². The van der Waals surface area contributed by atoms with Gasteiger partial charge >= 0.3 is 0 Å². The van der Waals surface area contributed by atoms with E-state index in [1.165, 1.54) is 28.2 Å². The molecule has 0 unspecified atom stereocenters. The molecule has 2 fully saturated rings. The molecule has 3 aromatic rings. The second kappa shape index (κ2) is 9.27. The number of aryl methyl sites for hydroxylation is 2. The van der Waals surface area contributed by atoms with Crippen molar-refractivity contribution < 1.29 is 4.74 Å². The molecule has 3 atom stereocenters. The first-order valence-corrected chi connectivity index (χ1v) is 12.4. The van der Waals surface area contributed by atoms with E-state index >= 15 is 0 Å². The van der Waals surface area contributed by atoms with E-state index in [-0.39, 0.29) is 18.2 Å². The Morgan fingerprint density at radius 3 is 2.64 bits per heavy atom. The number of rotatable bonds is 6. The lowest BCUT2D eigenvalue weighted by molar-refractivity contribution is 0.0842. The Morgan fingerprint density at radius 2 is 1.97 bits per heavy atom. The maximum atomic E-state index is 5.99. The maximum absolute atomic E-state index is 5.99. The second-order valence-electron chi connectivity index (χ2n) is 9.10. The molecule has 2 saturated heterocycles. The summed E-state index contributed by atoms with van der Waals surface area (Å²) in [4.78, 5) is 7.02. The first-order valence-electron chi connectivity index (χ1n) is 11.9. The predicted molar refractivity (Wildman–Crippen MR) is 136 cm³/mol. The smallest absolute Gasteiger partial charge is 0.170 e. The molecule has 0 spiro atoms. The van der Waals surface area contributed by atoms with E-state index in [1.54, 1.807) is 0 Å². The van der Waals surface area contributed by atoms with Gasteiger partial charge in [0, 0.05) is 36.4 Å². The normalized spacial score (nSPS) is 22.7. The molecule has 0 aliphatic carbocycles. The van der Waals surface area contributed by atoms with Crippen molar-refractivity contribution in [1.82, 2.24) is 19.8 Å². The fraction of sp³-hybridized carbons (Fsp3) is 0.407. The summed E-state index contributed by atoms with van der Waals surface area (Å²) < 4.78 is 8.35. The van der Waals surface area contributed by atoms with Gasteiger partial charge in [0.15, 0.2) is 5.11 Å². The summed E-state index contributed by atoms with van der Waals surface area (Å²) in [7, 11) is 0. The molecule has 0 bridgehead atoms. The number of pyridine rings is 1. The quantitative estimate of drug-likeness (QED) is 0.512. The maximum Gasteiger partial charge on any atom is 0.170 e. The lowest BCUT2D eigenvalue weighted by Gasteiger charge is -2.30. The number of ether oxygens (including phenoxy) is 1. The van der Waals surface area contributed by atoms with Crippen LogP contribution in [0.15, 0.2) is 54.7 Å². The molecule has 2 aliphatic rings. The first-order chi connectivity index (χ1) is 16.1. The van der Waals surface area contributed by atoms with E-state index in [1.807, 2.05) is 18.3 Å². The van der Waals surface area contributed by atoms with Crippen molar-refractivity contribution in [3.05, 3.63) is 82.9 Å². The third-order valence-electron chi connectivity index (χ3n) is 7.01. The lowest BCUT2D eigenvalue weighted by Crippen LogP contribution is -2.36. The highest BCUT2D eigenvalue weighted by molar-refractivity contribution is 7.80. The molecule has 172 valence electrons. The highest BCUT2D eigenvalue weighted by Crippen LogP contribution is 2.42. The Hall–Kier alpha value is -2.70. The fourth-order valence-corrected chi connectivity index (χ4v) is 5.63. The van der Waals surface area contributed by atoms with Crippen molar-refractivity contribution in [2.75, 3.05) is 13.2 Å². The van der Waals surface area contributed by atoms with Gasteiger partial charge in [-0.25, -0.2) is 0 Å². The molecule has 6 heteroatoms. The molecule has 5 nitrogen and oxygen atoms in total. The third kappa shape index (κ3) is 4.18. The number of nitrogens with one attached hydrogen (secondary N) is 1. The highest BCUT2D eigenvalue weighted by atomic mass is 32.1. The Bertz CT molecular complexity index is 1120. The second-order valence-corrected chi connectivity index (χ2v) is 9.48. The number of benzene rings is 1. The van der Waals surface area contributed by atoms with Crippen molar-refractivity contribution in [3.8, 4) is 5.69 Å². The predicted octanol–water partition coefficient (Wildman–Crippen LogP) is 5.20. The van der Waals surface area contributed by atoms with E-state index in [4.69, 9.17) is 17.0 Å². The number of thiocarbonyl (C=S) groups is 1. The van der Waals surface area contributed by atoms with Crippen LogP contribution in [-0.2, 0) is 11.2 Å². The Balaban J connectivity index is 1.57. The van der Waals surface area contributed by atoms with Gasteiger partial charge in [0.1, 0.15) is 0 Å². The average molecular weight is 461 g/mol. The van der Waals surface area contributed by atoms with Gasteiger partial charge in [-0.1, -0.05) is 25.1 Å². The van der Waals surface area contributed by atoms with Crippen LogP contribution in [0, 0.1) is 13.8 Å². The van der Waals surface area contributed by atoms with Gasteiger partial charge < -0.3 is 19.5 Å². The van der Waals surface area contributed by atoms with Crippen molar-refractivity contribution >= 4 is 17.3 Å². The third-order valence-corrected chi connectivity index (χ3v) is 7.37. The van der Waals surface area contributed by atoms with E-state index in [9.17, 15) is 0 Å². The zero-order chi connectivity index (χ0) is 22.9. The fourth-order valence-electron chi connectivity index (χ4n) is 5.31. The largest absolute Gasteiger partial charge is 0.376 e. The van der Waals surface area contributed by atoms with Gasteiger partial charge in [-0.3, -0.25) is 4.98 Å². The van der Waals surface area contributed by atoms with Gasteiger partial charge in [-0.05, 0) is 86.8 Å². The summed E-state index contributed by atoms with van der Waals surface area (Å²) in [5.41, 5.74) is 7.31. The topological polar surface area (TPSA) is 42.3 Å². The molecule has 5 rings (SSSR count). The van der Waals surface area contributed by atoms with Crippen LogP contribution >= 0.6 is 12.2 Å². The Kier molecular flexibility index (Phi) is 6.21. The minimum absolute atomic E-state index is 0.00322. The zero-order valence-corrected chi connectivity index (χ0v) is 20.4. The molecular formula is C27H32N4OS. The minimum Gasteiger partial charge on any atom is -0.376 e. The van der Waals surface area contributed by atoms with E-state index in [0.717, 1.165) is 43.2 Å². The zero-order valence-electron chi connectivity index (χ0n) is 19.6. The molecule has 0 amide bonds. The molecule has 1 aromatic carbocycles. The van der Waals surface area contributed by atoms with Gasteiger partial charge in [-0.2, -0.15) is 0 Å². The molecule has 1 N–H and O–H groups in total. The van der Waals surface area contributed by atoms with Crippen LogP contribution in [0.4, 0.5) is 0 Å². The van der Waals surface area contributed by atoms with Crippen LogP contribution in [0.3, 0.4) is 0 Å². The minimum atomic E-state index is -0.00322. The van der Waals surface area contributed by atoms with Gasteiger partial charge in [0.05, 0.1) is 23.9 Å². The summed E-state index contributed by atoms with van der Waals surface area (Å²) in [6, 6.07) is 17.4. The molecule has 33 heavy (non-hydrogen) atoms. The summed E-state index contributed by atoms with van der Waals surface area (Å²) in [6.07, 6.45) is 5.33. The van der Waals surface area contributed by atoms with E-state index in [0.29, 0.717) is 0 Å². The van der Waals surface area contributed by atoms with Crippen molar-refractivity contribution in [1.29, 1.82) is 0 Å². The van der Waals surface area contributed by atoms with Crippen LogP contribution in [0.1, 0.15) is 60.1 Å². The van der Waals surface area contributed by atoms with E-state index < -0.39 is 0 Å². The highest BCUT2D eigenvalue weighted by Gasteiger charge is 2.42. The number of hydrogen-bond donors (Lipinski definition) is 1. The van der Waals surface area contributed by atoms with Crippen LogP contribution in [0.5, 0.6) is 0 Å². The average Bonchev–Trinajstić information content (AvgIpc) is 3.54. The Labute approximate surface area is 201 Å². The number of hydrogen-bond acceptors (Lipinski definition) is 3. The standard InChI is InChI=1S/C27H32N4OS/c1-4-20-10-12-21(13-11-20)31-18(2)16-23(19(31)3)26-25(24-9-5-6-14-28-24)29-27(33)30(26)17-22-8-7-15-32-22/h5-6,9-14,16,22,25-26H,4,7-8,15,17H2,1-3H3,(H,29,33)/t22-,25-,26-/m1/s1.